The normalized spacial score (nSPS) is 10.7. The van der Waals surface area contributed by atoms with Crippen molar-refractivity contribution in [1.82, 2.24) is 0 Å². The molecule has 0 unspecified atom stereocenters. The lowest BCUT2D eigenvalue weighted by Gasteiger charge is -2.10. The quantitative estimate of drug-likeness (QED) is 0.787. The summed E-state index contributed by atoms with van der Waals surface area (Å²) in [6.07, 6.45) is 0. The van der Waals surface area contributed by atoms with E-state index in [0.717, 1.165) is 18.2 Å². The first-order valence-electron chi connectivity index (χ1n) is 5.82. The Morgan fingerprint density at radius 2 is 1.65 bits per heavy atom. The zero-order valence-corrected chi connectivity index (χ0v) is 12.6. The summed E-state index contributed by atoms with van der Waals surface area (Å²) in [5.74, 6) is -2.80. The van der Waals surface area contributed by atoms with Gasteiger partial charge in [-0.25, -0.2) is 17.2 Å². The molecule has 0 radical (unpaired) electrons. The van der Waals surface area contributed by atoms with Crippen molar-refractivity contribution in [3.05, 3.63) is 53.1 Å². The fourth-order valence-corrected chi connectivity index (χ4v) is 2.43. The molecule has 2 aromatic carbocycles. The molecule has 9 heteroatoms. The molecule has 0 saturated heterocycles. The Labute approximate surface area is 134 Å². The standard InChI is InChI=1S/C14H5ClF2N2O3S/c15-23(20,21)11-3-9(7-19)14(13(17)5-11)22-10-2-1-8(6-18)12(16)4-10/h1-5H. The van der Waals surface area contributed by atoms with Gasteiger partial charge in [0.2, 0.25) is 0 Å². The Kier molecular flexibility index (Phi) is 4.50. The van der Waals surface area contributed by atoms with Crippen LogP contribution in [0.3, 0.4) is 0 Å². The molecule has 0 spiro atoms. The summed E-state index contributed by atoms with van der Waals surface area (Å²) in [6, 6.07) is 7.75. The second kappa shape index (κ2) is 6.21. The number of hydrogen-bond donors (Lipinski definition) is 0. The number of hydrogen-bond acceptors (Lipinski definition) is 5. The second-order valence-electron chi connectivity index (χ2n) is 4.19. The van der Waals surface area contributed by atoms with E-state index in [9.17, 15) is 17.2 Å². The molecule has 2 aromatic rings. The van der Waals surface area contributed by atoms with Crippen molar-refractivity contribution < 1.29 is 21.9 Å². The number of halogens is 3. The second-order valence-corrected chi connectivity index (χ2v) is 6.75. The highest BCUT2D eigenvalue weighted by Crippen LogP contribution is 2.32. The van der Waals surface area contributed by atoms with E-state index in [4.69, 9.17) is 25.9 Å². The van der Waals surface area contributed by atoms with Gasteiger partial charge in [0.05, 0.1) is 16.0 Å². The minimum atomic E-state index is -4.23. The van der Waals surface area contributed by atoms with E-state index < -0.39 is 36.9 Å². The van der Waals surface area contributed by atoms with Crippen LogP contribution in [0.4, 0.5) is 8.78 Å². The molecule has 23 heavy (non-hydrogen) atoms. The molecule has 0 N–H and O–H groups in total. The summed E-state index contributed by atoms with van der Waals surface area (Å²) in [5, 5.41) is 17.6. The average Bonchev–Trinajstić information content (AvgIpc) is 2.48. The van der Waals surface area contributed by atoms with Crippen LogP contribution in [0.5, 0.6) is 11.5 Å². The van der Waals surface area contributed by atoms with Gasteiger partial charge in [0.25, 0.3) is 9.05 Å². The van der Waals surface area contributed by atoms with E-state index >= 15 is 0 Å². The number of nitriles is 2. The zero-order valence-electron chi connectivity index (χ0n) is 11.0. The third kappa shape index (κ3) is 3.57. The number of benzene rings is 2. The molecule has 0 atom stereocenters. The van der Waals surface area contributed by atoms with Crippen LogP contribution in [0.25, 0.3) is 0 Å². The van der Waals surface area contributed by atoms with Crippen molar-refractivity contribution in [1.29, 1.82) is 10.5 Å². The molecule has 0 fully saturated rings. The minimum Gasteiger partial charge on any atom is -0.453 e. The zero-order chi connectivity index (χ0) is 17.2. The Morgan fingerprint density at radius 1 is 1.00 bits per heavy atom. The summed E-state index contributed by atoms with van der Waals surface area (Å²) in [4.78, 5) is -0.605. The summed E-state index contributed by atoms with van der Waals surface area (Å²) in [7, 11) is 0.868. The Hall–Kier alpha value is -2.68. The summed E-state index contributed by atoms with van der Waals surface area (Å²) in [5.41, 5.74) is -0.670. The first kappa shape index (κ1) is 16.7. The number of ether oxygens (including phenoxy) is 1. The topological polar surface area (TPSA) is 90.9 Å². The van der Waals surface area contributed by atoms with Crippen LogP contribution in [0, 0.1) is 34.3 Å². The molecular weight excluding hydrogens is 350 g/mol. The smallest absolute Gasteiger partial charge is 0.261 e. The highest BCUT2D eigenvalue weighted by Gasteiger charge is 2.19. The van der Waals surface area contributed by atoms with E-state index in [-0.39, 0.29) is 11.3 Å². The molecule has 116 valence electrons. The van der Waals surface area contributed by atoms with Gasteiger partial charge in [0.1, 0.15) is 23.7 Å². The fraction of sp³-hybridized carbons (Fsp3) is 0. The van der Waals surface area contributed by atoms with Crippen LogP contribution in [0.1, 0.15) is 11.1 Å². The lowest BCUT2D eigenvalue weighted by atomic mass is 10.2. The van der Waals surface area contributed by atoms with Gasteiger partial charge in [-0.1, -0.05) is 0 Å². The van der Waals surface area contributed by atoms with Gasteiger partial charge in [0, 0.05) is 16.7 Å². The van der Waals surface area contributed by atoms with Crippen molar-refractivity contribution in [2.24, 2.45) is 0 Å². The fourth-order valence-electron chi connectivity index (χ4n) is 1.66. The molecule has 0 heterocycles. The molecule has 2 rings (SSSR count). The van der Waals surface area contributed by atoms with E-state index in [1.54, 1.807) is 12.1 Å². The molecule has 0 saturated carbocycles. The highest BCUT2D eigenvalue weighted by molar-refractivity contribution is 8.13. The molecule has 5 nitrogen and oxygen atoms in total. The molecule has 0 bridgehead atoms. The Morgan fingerprint density at radius 3 is 2.17 bits per heavy atom. The molecule has 0 amide bonds. The molecule has 0 aliphatic rings. The predicted molar refractivity (Wildman–Crippen MR) is 75.3 cm³/mol. The third-order valence-corrected chi connectivity index (χ3v) is 4.03. The molecule has 0 aromatic heterocycles. The van der Waals surface area contributed by atoms with Crippen LogP contribution in [-0.2, 0) is 9.05 Å². The van der Waals surface area contributed by atoms with Gasteiger partial charge in [0.15, 0.2) is 11.6 Å². The van der Waals surface area contributed by atoms with Crippen LogP contribution in [-0.4, -0.2) is 8.42 Å². The van der Waals surface area contributed by atoms with Gasteiger partial charge in [-0.2, -0.15) is 10.5 Å². The first-order chi connectivity index (χ1) is 10.8. The largest absolute Gasteiger partial charge is 0.453 e. The Balaban J connectivity index is 2.51. The van der Waals surface area contributed by atoms with Crippen molar-refractivity contribution in [3.63, 3.8) is 0 Å². The van der Waals surface area contributed by atoms with Gasteiger partial charge < -0.3 is 4.74 Å². The van der Waals surface area contributed by atoms with E-state index in [1.807, 2.05) is 0 Å². The van der Waals surface area contributed by atoms with Gasteiger partial charge in [-0.15, -0.1) is 0 Å². The maximum Gasteiger partial charge on any atom is 0.261 e. The summed E-state index contributed by atoms with van der Waals surface area (Å²) < 4.78 is 55.0. The lowest BCUT2D eigenvalue weighted by molar-refractivity contribution is 0.435. The summed E-state index contributed by atoms with van der Waals surface area (Å²) in [6.45, 7) is 0. The lowest BCUT2D eigenvalue weighted by Crippen LogP contribution is -1.98. The molecule has 0 aliphatic carbocycles. The molecule has 0 aliphatic heterocycles. The number of rotatable bonds is 3. The maximum atomic E-state index is 14.0. The van der Waals surface area contributed by atoms with Crippen molar-refractivity contribution in [2.75, 3.05) is 0 Å². The SMILES string of the molecule is N#Cc1ccc(Oc2c(F)cc(S(=O)(=O)Cl)cc2C#N)cc1F. The number of nitrogens with zero attached hydrogens (tertiary/aromatic N) is 2. The maximum absolute atomic E-state index is 14.0. The summed E-state index contributed by atoms with van der Waals surface area (Å²) >= 11 is 0. The van der Waals surface area contributed by atoms with Crippen LogP contribution in [0.2, 0.25) is 0 Å². The van der Waals surface area contributed by atoms with E-state index in [0.29, 0.717) is 6.07 Å². The van der Waals surface area contributed by atoms with Gasteiger partial charge >= 0.3 is 0 Å². The van der Waals surface area contributed by atoms with Gasteiger partial charge in [-0.05, 0) is 24.3 Å². The van der Waals surface area contributed by atoms with Crippen LogP contribution in [0.15, 0.2) is 35.2 Å². The van der Waals surface area contributed by atoms with Crippen LogP contribution >= 0.6 is 10.7 Å². The molecular formula is C14H5ClF2N2O3S. The average molecular weight is 355 g/mol. The van der Waals surface area contributed by atoms with E-state index in [1.165, 1.54) is 6.07 Å². The predicted octanol–water partition coefficient (Wildman–Crippen LogP) is 3.43. The first-order valence-corrected chi connectivity index (χ1v) is 8.13. The van der Waals surface area contributed by atoms with E-state index in [2.05, 4.69) is 0 Å². The third-order valence-electron chi connectivity index (χ3n) is 2.70. The Bertz CT molecular complexity index is 979. The monoisotopic (exact) mass is 354 g/mol. The minimum absolute atomic E-state index is 0.168. The van der Waals surface area contributed by atoms with Crippen molar-refractivity contribution in [2.45, 2.75) is 4.90 Å². The van der Waals surface area contributed by atoms with Crippen molar-refractivity contribution >= 4 is 19.7 Å². The van der Waals surface area contributed by atoms with Crippen molar-refractivity contribution in [3.8, 4) is 23.6 Å². The highest BCUT2D eigenvalue weighted by atomic mass is 35.7. The van der Waals surface area contributed by atoms with Crippen LogP contribution < -0.4 is 4.74 Å². The van der Waals surface area contributed by atoms with Gasteiger partial charge in [-0.3, -0.25) is 0 Å².